The van der Waals surface area contributed by atoms with E-state index in [1.165, 1.54) is 64.5 Å². The third kappa shape index (κ3) is 11.5. The average Bonchev–Trinajstić information content (AvgIpc) is 2.29. The molecule has 0 N–H and O–H groups in total. The number of hydrogen-bond acceptors (Lipinski definition) is 0. The first-order valence-electron chi connectivity index (χ1n) is 7.08. The molecule has 17 heavy (non-hydrogen) atoms. The van der Waals surface area contributed by atoms with E-state index in [0.29, 0.717) is 0 Å². The van der Waals surface area contributed by atoms with Crippen LogP contribution in [0.15, 0.2) is 0 Å². The maximum atomic E-state index is 6.10. The van der Waals surface area contributed by atoms with Crippen LogP contribution in [0.3, 0.4) is 0 Å². The van der Waals surface area contributed by atoms with Crippen molar-refractivity contribution in [2.24, 2.45) is 0 Å². The minimum atomic E-state index is 0. The fourth-order valence-electron chi connectivity index (χ4n) is 2.07. The van der Waals surface area contributed by atoms with Gasteiger partial charge in [-0.15, -0.1) is 0 Å². The molecular formula is C14H31BrClN. The monoisotopic (exact) mass is 327 g/mol. The number of unbranched alkanes of at least 4 members (excludes halogenated alkanes) is 6. The highest BCUT2D eigenvalue weighted by molar-refractivity contribution is 6.16. The van der Waals surface area contributed by atoms with Gasteiger partial charge < -0.3 is 21.5 Å². The maximum absolute atomic E-state index is 6.10. The van der Waals surface area contributed by atoms with E-state index in [9.17, 15) is 0 Å². The Balaban J connectivity index is 0. The SMILES string of the molecule is CCCCCCC[N+](C)(CCl)CCCCC.[Br-]. The molecule has 1 unspecified atom stereocenters. The van der Waals surface area contributed by atoms with Gasteiger partial charge in [0.25, 0.3) is 0 Å². The van der Waals surface area contributed by atoms with Crippen molar-refractivity contribution in [2.75, 3.05) is 26.1 Å². The summed E-state index contributed by atoms with van der Waals surface area (Å²) in [6.07, 6.45) is 10.8. The van der Waals surface area contributed by atoms with Crippen molar-refractivity contribution in [1.29, 1.82) is 0 Å². The van der Waals surface area contributed by atoms with Crippen molar-refractivity contribution < 1.29 is 21.5 Å². The van der Waals surface area contributed by atoms with Gasteiger partial charge in [0.05, 0.1) is 20.1 Å². The second kappa shape index (κ2) is 13.2. The highest BCUT2D eigenvalue weighted by Gasteiger charge is 2.18. The van der Waals surface area contributed by atoms with E-state index >= 15 is 0 Å². The Bertz CT molecular complexity index is 155. The lowest BCUT2D eigenvalue weighted by molar-refractivity contribution is -0.899. The zero-order valence-electron chi connectivity index (χ0n) is 12.0. The largest absolute Gasteiger partial charge is 1.00 e. The van der Waals surface area contributed by atoms with Crippen LogP contribution in [0.25, 0.3) is 0 Å². The van der Waals surface area contributed by atoms with Gasteiger partial charge in [-0.2, -0.15) is 0 Å². The molecule has 0 radical (unpaired) electrons. The van der Waals surface area contributed by atoms with Gasteiger partial charge in [-0.05, 0) is 25.7 Å². The molecule has 3 heteroatoms. The highest BCUT2D eigenvalue weighted by atomic mass is 79.9. The van der Waals surface area contributed by atoms with Crippen molar-refractivity contribution in [3.05, 3.63) is 0 Å². The van der Waals surface area contributed by atoms with Crippen LogP contribution in [0.4, 0.5) is 0 Å². The molecule has 0 aromatic heterocycles. The lowest BCUT2D eigenvalue weighted by Crippen LogP contribution is -3.00. The Morgan fingerprint density at radius 3 is 1.65 bits per heavy atom. The molecule has 0 saturated heterocycles. The third-order valence-corrected chi connectivity index (χ3v) is 3.97. The molecule has 1 atom stereocenters. The third-order valence-electron chi connectivity index (χ3n) is 3.39. The average molecular weight is 329 g/mol. The summed E-state index contributed by atoms with van der Waals surface area (Å²) in [4.78, 5) is 0. The molecular weight excluding hydrogens is 298 g/mol. The van der Waals surface area contributed by atoms with Crippen LogP contribution >= 0.6 is 11.6 Å². The van der Waals surface area contributed by atoms with Gasteiger partial charge in [-0.3, -0.25) is 0 Å². The van der Waals surface area contributed by atoms with Gasteiger partial charge in [0.15, 0.2) is 6.00 Å². The van der Waals surface area contributed by atoms with Crippen molar-refractivity contribution >= 4 is 11.6 Å². The second-order valence-electron chi connectivity index (χ2n) is 5.31. The summed E-state index contributed by atoms with van der Waals surface area (Å²) >= 11 is 6.10. The van der Waals surface area contributed by atoms with E-state index in [2.05, 4.69) is 20.9 Å². The first kappa shape index (κ1) is 20.1. The molecule has 0 rings (SSSR count). The Hall–Kier alpha value is 0.730. The Morgan fingerprint density at radius 2 is 1.18 bits per heavy atom. The summed E-state index contributed by atoms with van der Waals surface area (Å²) < 4.78 is 1.06. The molecule has 0 aliphatic rings. The first-order valence-corrected chi connectivity index (χ1v) is 7.61. The van der Waals surface area contributed by atoms with Crippen LogP contribution < -0.4 is 17.0 Å². The molecule has 0 aromatic rings. The quantitative estimate of drug-likeness (QED) is 0.235. The fourth-order valence-corrected chi connectivity index (χ4v) is 2.31. The highest BCUT2D eigenvalue weighted by Crippen LogP contribution is 2.12. The molecule has 0 spiro atoms. The van der Waals surface area contributed by atoms with Gasteiger partial charge in [-0.25, -0.2) is 0 Å². The zero-order valence-corrected chi connectivity index (χ0v) is 14.3. The molecule has 1 nitrogen and oxygen atoms in total. The van der Waals surface area contributed by atoms with Crippen molar-refractivity contribution in [3.63, 3.8) is 0 Å². The Labute approximate surface area is 124 Å². The number of nitrogens with zero attached hydrogens (tertiary/aromatic N) is 1. The number of alkyl halides is 1. The summed E-state index contributed by atoms with van der Waals surface area (Å²) in [6, 6.07) is 0.775. The zero-order chi connectivity index (χ0) is 12.3. The normalized spacial score (nSPS) is 14.1. The summed E-state index contributed by atoms with van der Waals surface area (Å²) in [5, 5.41) is 0. The van der Waals surface area contributed by atoms with Crippen molar-refractivity contribution in [3.8, 4) is 0 Å². The molecule has 0 saturated carbocycles. The predicted molar refractivity (Wildman–Crippen MR) is 74.9 cm³/mol. The number of hydrogen-bond donors (Lipinski definition) is 0. The molecule has 0 aliphatic carbocycles. The molecule has 0 bridgehead atoms. The number of halogens is 2. The first-order chi connectivity index (χ1) is 7.68. The standard InChI is InChI=1S/C14H31ClN.BrH/c1-4-6-8-9-11-13-16(3,14-15)12-10-7-5-2;/h4-14H2,1-3H3;1H/q+1;/p-1. The van der Waals surface area contributed by atoms with Crippen LogP contribution in [0.1, 0.15) is 65.2 Å². The number of quaternary nitrogens is 1. The van der Waals surface area contributed by atoms with Gasteiger partial charge in [0.2, 0.25) is 0 Å². The van der Waals surface area contributed by atoms with Crippen LogP contribution in [0, 0.1) is 0 Å². The van der Waals surface area contributed by atoms with Crippen LogP contribution in [-0.4, -0.2) is 30.6 Å². The van der Waals surface area contributed by atoms with Gasteiger partial charge >= 0.3 is 0 Å². The summed E-state index contributed by atoms with van der Waals surface area (Å²) in [6.45, 7) is 7.04. The lowest BCUT2D eigenvalue weighted by atomic mass is 10.1. The lowest BCUT2D eigenvalue weighted by Gasteiger charge is -2.32. The minimum Gasteiger partial charge on any atom is -1.00 e. The molecule has 0 heterocycles. The Morgan fingerprint density at radius 1 is 0.765 bits per heavy atom. The summed E-state index contributed by atoms with van der Waals surface area (Å²) in [7, 11) is 2.31. The van der Waals surface area contributed by atoms with Gasteiger partial charge in [0.1, 0.15) is 0 Å². The van der Waals surface area contributed by atoms with Crippen LogP contribution in [0.5, 0.6) is 0 Å². The fraction of sp³-hybridized carbons (Fsp3) is 1.00. The van der Waals surface area contributed by atoms with Gasteiger partial charge in [-0.1, -0.05) is 51.1 Å². The topological polar surface area (TPSA) is 0 Å². The predicted octanol–water partition coefficient (Wildman–Crippen LogP) is 1.79. The second-order valence-corrected chi connectivity index (χ2v) is 5.55. The van der Waals surface area contributed by atoms with E-state index in [4.69, 9.17) is 11.6 Å². The Kier molecular flexibility index (Phi) is 15.5. The molecule has 0 aliphatic heterocycles. The summed E-state index contributed by atoms with van der Waals surface area (Å²) in [5.41, 5.74) is 0. The van der Waals surface area contributed by atoms with Crippen molar-refractivity contribution in [1.82, 2.24) is 0 Å². The van der Waals surface area contributed by atoms with Crippen LogP contribution in [-0.2, 0) is 0 Å². The maximum Gasteiger partial charge on any atom is 0.154 e. The van der Waals surface area contributed by atoms with E-state index < -0.39 is 0 Å². The van der Waals surface area contributed by atoms with Gasteiger partial charge in [0, 0.05) is 0 Å². The summed E-state index contributed by atoms with van der Waals surface area (Å²) in [5.74, 6) is 0. The van der Waals surface area contributed by atoms with Crippen LogP contribution in [0.2, 0.25) is 0 Å². The van der Waals surface area contributed by atoms with E-state index in [1.54, 1.807) is 0 Å². The van der Waals surface area contributed by atoms with E-state index in [-0.39, 0.29) is 17.0 Å². The van der Waals surface area contributed by atoms with Crippen molar-refractivity contribution in [2.45, 2.75) is 65.2 Å². The molecule has 0 amide bonds. The molecule has 0 fully saturated rings. The molecule has 106 valence electrons. The minimum absolute atomic E-state index is 0. The molecule has 0 aromatic carbocycles. The number of rotatable bonds is 11. The van der Waals surface area contributed by atoms with E-state index in [1.807, 2.05) is 0 Å². The van der Waals surface area contributed by atoms with E-state index in [0.717, 1.165) is 10.5 Å². The smallest absolute Gasteiger partial charge is 0.154 e.